The molecule has 1 aromatic heterocycles. The summed E-state index contributed by atoms with van der Waals surface area (Å²) in [7, 11) is 5.02. The maximum atomic E-state index is 5.34. The van der Waals surface area contributed by atoms with E-state index in [1.807, 2.05) is 42.5 Å². The zero-order chi connectivity index (χ0) is 19.1. The van der Waals surface area contributed by atoms with Crippen LogP contribution >= 0.6 is 24.0 Å². The summed E-state index contributed by atoms with van der Waals surface area (Å²) in [5.41, 5.74) is 3.12. The Morgan fingerprint density at radius 1 is 1.07 bits per heavy atom. The van der Waals surface area contributed by atoms with E-state index in [0.717, 1.165) is 47.1 Å². The Balaban J connectivity index is 0.00000280. The Kier molecular flexibility index (Phi) is 8.37. The summed E-state index contributed by atoms with van der Waals surface area (Å²) in [4.78, 5) is 12.2. The number of aliphatic imine (C=N–C) groups is 1. The third kappa shape index (κ3) is 5.51. The number of fused-ring (bicyclic) bond motifs is 1. The lowest BCUT2D eigenvalue weighted by molar-refractivity contribution is 0.354. The number of hydrogen-bond acceptors (Lipinski definition) is 4. The Morgan fingerprint density at radius 2 is 1.86 bits per heavy atom. The molecule has 0 atom stereocenters. The van der Waals surface area contributed by atoms with Gasteiger partial charge in [0, 0.05) is 26.6 Å². The molecule has 3 aromatic rings. The van der Waals surface area contributed by atoms with Crippen LogP contribution in [0.25, 0.3) is 11.0 Å². The van der Waals surface area contributed by atoms with E-state index in [1.54, 1.807) is 21.3 Å². The number of nitrogens with zero attached hydrogens (tertiary/aromatic N) is 2. The number of imidazole rings is 1. The molecule has 0 saturated heterocycles. The normalized spacial score (nSPS) is 11.0. The van der Waals surface area contributed by atoms with Gasteiger partial charge in [0.2, 0.25) is 0 Å². The highest BCUT2D eigenvalue weighted by atomic mass is 127. The summed E-state index contributed by atoms with van der Waals surface area (Å²) in [6.45, 7) is 1.36. The standard InChI is InChI=1S/C20H25N5O2.HI/c1-21-20(23-13-14-8-9-17(26-2)18(12-14)27-3)22-11-10-19-24-15-6-4-5-7-16(15)25-19;/h4-9,12H,10-11,13H2,1-3H3,(H,24,25)(H2,21,22,23);1H. The topological polar surface area (TPSA) is 83.6 Å². The molecule has 0 aliphatic rings. The first-order valence-electron chi connectivity index (χ1n) is 8.82. The number of guanidine groups is 1. The van der Waals surface area contributed by atoms with Crippen molar-refractivity contribution >= 4 is 41.0 Å². The molecular formula is C20H26IN5O2. The third-order valence-corrected chi connectivity index (χ3v) is 4.22. The molecule has 0 aliphatic carbocycles. The second-order valence-corrected chi connectivity index (χ2v) is 5.99. The fraction of sp³-hybridized carbons (Fsp3) is 0.300. The van der Waals surface area contributed by atoms with Gasteiger partial charge in [0.25, 0.3) is 0 Å². The number of nitrogens with one attached hydrogen (secondary N) is 3. The number of halogens is 1. The Morgan fingerprint density at radius 3 is 2.57 bits per heavy atom. The average molecular weight is 495 g/mol. The average Bonchev–Trinajstić information content (AvgIpc) is 3.13. The molecule has 0 fully saturated rings. The summed E-state index contributed by atoms with van der Waals surface area (Å²) < 4.78 is 10.6. The maximum absolute atomic E-state index is 5.34. The minimum atomic E-state index is 0. The van der Waals surface area contributed by atoms with E-state index in [4.69, 9.17) is 9.47 Å². The molecule has 1 heterocycles. The van der Waals surface area contributed by atoms with Gasteiger partial charge in [-0.1, -0.05) is 18.2 Å². The van der Waals surface area contributed by atoms with Crippen LogP contribution < -0.4 is 20.1 Å². The zero-order valence-corrected chi connectivity index (χ0v) is 18.6. The smallest absolute Gasteiger partial charge is 0.191 e. The van der Waals surface area contributed by atoms with Crippen molar-refractivity contribution < 1.29 is 9.47 Å². The number of para-hydroxylation sites is 2. The highest BCUT2D eigenvalue weighted by molar-refractivity contribution is 14.0. The Labute approximate surface area is 182 Å². The molecule has 28 heavy (non-hydrogen) atoms. The van der Waals surface area contributed by atoms with Crippen molar-refractivity contribution in [1.29, 1.82) is 0 Å². The second kappa shape index (κ2) is 10.7. The molecule has 0 aliphatic heterocycles. The van der Waals surface area contributed by atoms with E-state index >= 15 is 0 Å². The first-order chi connectivity index (χ1) is 13.2. The lowest BCUT2D eigenvalue weighted by Gasteiger charge is -2.13. The second-order valence-electron chi connectivity index (χ2n) is 5.99. The van der Waals surface area contributed by atoms with Gasteiger partial charge in [-0.05, 0) is 29.8 Å². The van der Waals surface area contributed by atoms with Gasteiger partial charge in [0.1, 0.15) is 5.82 Å². The number of benzene rings is 2. The maximum Gasteiger partial charge on any atom is 0.191 e. The van der Waals surface area contributed by atoms with Crippen LogP contribution in [0.1, 0.15) is 11.4 Å². The van der Waals surface area contributed by atoms with Gasteiger partial charge in [-0.25, -0.2) is 4.98 Å². The number of methoxy groups -OCH3 is 2. The molecule has 7 nitrogen and oxygen atoms in total. The summed E-state index contributed by atoms with van der Waals surface area (Å²) in [6.07, 6.45) is 0.783. The van der Waals surface area contributed by atoms with Crippen LogP contribution in [0.5, 0.6) is 11.5 Å². The molecular weight excluding hydrogens is 469 g/mol. The van der Waals surface area contributed by atoms with Gasteiger partial charge in [-0.2, -0.15) is 0 Å². The predicted octanol–water partition coefficient (Wildman–Crippen LogP) is 3.11. The van der Waals surface area contributed by atoms with Gasteiger partial charge in [-0.15, -0.1) is 24.0 Å². The van der Waals surface area contributed by atoms with Crippen LogP contribution in [0.4, 0.5) is 0 Å². The minimum absolute atomic E-state index is 0. The van der Waals surface area contributed by atoms with E-state index in [-0.39, 0.29) is 24.0 Å². The molecule has 3 rings (SSSR count). The van der Waals surface area contributed by atoms with Crippen molar-refractivity contribution in [1.82, 2.24) is 20.6 Å². The van der Waals surface area contributed by atoms with Crippen LogP contribution in [-0.2, 0) is 13.0 Å². The third-order valence-electron chi connectivity index (χ3n) is 4.22. The molecule has 8 heteroatoms. The minimum Gasteiger partial charge on any atom is -0.493 e. The summed E-state index contributed by atoms with van der Waals surface area (Å²) in [6, 6.07) is 13.9. The molecule has 0 saturated carbocycles. The predicted molar refractivity (Wildman–Crippen MR) is 123 cm³/mol. The number of aromatic amines is 1. The van der Waals surface area contributed by atoms with Crippen LogP contribution in [0.15, 0.2) is 47.5 Å². The van der Waals surface area contributed by atoms with Crippen molar-refractivity contribution in [3.63, 3.8) is 0 Å². The first kappa shape index (κ1) is 21.8. The fourth-order valence-corrected chi connectivity index (χ4v) is 2.82. The molecule has 0 unspecified atom stereocenters. The summed E-state index contributed by atoms with van der Waals surface area (Å²) in [5.74, 6) is 3.12. The molecule has 3 N–H and O–H groups in total. The van der Waals surface area contributed by atoms with E-state index in [1.165, 1.54) is 0 Å². The number of ether oxygens (including phenoxy) is 2. The first-order valence-corrected chi connectivity index (χ1v) is 8.82. The number of hydrogen-bond donors (Lipinski definition) is 3. The Hall–Kier alpha value is -2.49. The SMILES string of the molecule is CN=C(NCCc1nc2ccccc2[nH]1)NCc1ccc(OC)c(OC)c1.I. The van der Waals surface area contributed by atoms with E-state index in [9.17, 15) is 0 Å². The highest BCUT2D eigenvalue weighted by Gasteiger charge is 2.06. The van der Waals surface area contributed by atoms with Crippen molar-refractivity contribution in [3.8, 4) is 11.5 Å². The highest BCUT2D eigenvalue weighted by Crippen LogP contribution is 2.27. The van der Waals surface area contributed by atoms with Gasteiger partial charge in [0.05, 0.1) is 25.3 Å². The largest absolute Gasteiger partial charge is 0.493 e. The van der Waals surface area contributed by atoms with Crippen molar-refractivity contribution in [2.24, 2.45) is 4.99 Å². The number of H-pyrrole nitrogens is 1. The molecule has 0 amide bonds. The van der Waals surface area contributed by atoms with Crippen molar-refractivity contribution in [2.45, 2.75) is 13.0 Å². The molecule has 0 bridgehead atoms. The molecule has 0 spiro atoms. The number of aromatic nitrogens is 2. The van der Waals surface area contributed by atoms with Crippen LogP contribution in [0, 0.1) is 0 Å². The summed E-state index contributed by atoms with van der Waals surface area (Å²) in [5, 5.41) is 6.61. The molecule has 2 aromatic carbocycles. The van der Waals surface area contributed by atoms with Crippen LogP contribution in [0.2, 0.25) is 0 Å². The molecule has 150 valence electrons. The van der Waals surface area contributed by atoms with Crippen molar-refractivity contribution in [3.05, 3.63) is 53.9 Å². The van der Waals surface area contributed by atoms with Crippen LogP contribution in [0.3, 0.4) is 0 Å². The van der Waals surface area contributed by atoms with Gasteiger partial charge in [-0.3, -0.25) is 4.99 Å². The summed E-state index contributed by atoms with van der Waals surface area (Å²) >= 11 is 0. The van der Waals surface area contributed by atoms with Crippen LogP contribution in [-0.4, -0.2) is 43.7 Å². The zero-order valence-electron chi connectivity index (χ0n) is 16.3. The lowest BCUT2D eigenvalue weighted by atomic mass is 10.2. The Bertz CT molecular complexity index is 893. The van der Waals surface area contributed by atoms with Gasteiger partial charge in [0.15, 0.2) is 17.5 Å². The number of rotatable bonds is 7. The van der Waals surface area contributed by atoms with Gasteiger partial charge >= 0.3 is 0 Å². The fourth-order valence-electron chi connectivity index (χ4n) is 2.82. The van der Waals surface area contributed by atoms with Crippen molar-refractivity contribution in [2.75, 3.05) is 27.8 Å². The monoisotopic (exact) mass is 495 g/mol. The van der Waals surface area contributed by atoms with E-state index in [0.29, 0.717) is 12.3 Å². The van der Waals surface area contributed by atoms with E-state index < -0.39 is 0 Å². The van der Waals surface area contributed by atoms with E-state index in [2.05, 4.69) is 25.6 Å². The van der Waals surface area contributed by atoms with Gasteiger partial charge < -0.3 is 25.1 Å². The lowest BCUT2D eigenvalue weighted by Crippen LogP contribution is -2.37. The quantitative estimate of drug-likeness (QED) is 0.267. The molecule has 0 radical (unpaired) electrons.